The Morgan fingerprint density at radius 3 is 2.74 bits per heavy atom. The second kappa shape index (κ2) is 5.26. The Morgan fingerprint density at radius 2 is 2.21 bits per heavy atom. The first-order valence-electron chi connectivity index (χ1n) is 6.12. The van der Waals surface area contributed by atoms with Gasteiger partial charge in [-0.1, -0.05) is 13.8 Å². The molecule has 0 aliphatic heterocycles. The molecule has 0 aliphatic carbocycles. The van der Waals surface area contributed by atoms with Crippen molar-refractivity contribution in [3.05, 3.63) is 23.5 Å². The molecule has 0 unspecified atom stereocenters. The van der Waals surface area contributed by atoms with Crippen LogP contribution in [0, 0.1) is 6.92 Å². The summed E-state index contributed by atoms with van der Waals surface area (Å²) >= 11 is 0. The molecule has 0 amide bonds. The summed E-state index contributed by atoms with van der Waals surface area (Å²) in [7, 11) is 0. The zero-order valence-electron chi connectivity index (χ0n) is 11.4. The van der Waals surface area contributed by atoms with Gasteiger partial charge in [0.1, 0.15) is 0 Å². The van der Waals surface area contributed by atoms with Crippen molar-refractivity contribution < 1.29 is 18.4 Å². The van der Waals surface area contributed by atoms with E-state index in [2.05, 4.69) is 9.97 Å². The van der Waals surface area contributed by atoms with E-state index in [0.29, 0.717) is 17.1 Å². The third-order valence-corrected chi connectivity index (χ3v) is 2.60. The number of carbonyl (C=O) groups excluding carboxylic acids is 1. The van der Waals surface area contributed by atoms with Gasteiger partial charge in [-0.15, -0.1) is 0 Å². The normalized spacial score (nSPS) is 11.0. The quantitative estimate of drug-likeness (QED) is 0.790. The molecule has 19 heavy (non-hydrogen) atoms. The van der Waals surface area contributed by atoms with Gasteiger partial charge in [-0.2, -0.15) is 0 Å². The highest BCUT2D eigenvalue weighted by atomic mass is 16.5. The molecular weight excluding hydrogens is 248 g/mol. The number of hydrogen-bond acceptors (Lipinski definition) is 6. The Bertz CT molecular complexity index is 583. The van der Waals surface area contributed by atoms with E-state index in [-0.39, 0.29) is 24.2 Å². The van der Waals surface area contributed by atoms with Gasteiger partial charge in [0.2, 0.25) is 11.5 Å². The van der Waals surface area contributed by atoms with E-state index < -0.39 is 5.97 Å². The Balaban J connectivity index is 2.46. The largest absolute Gasteiger partial charge is 0.460 e. The van der Waals surface area contributed by atoms with Crippen LogP contribution >= 0.6 is 0 Å². The molecule has 0 aliphatic rings. The molecule has 2 aromatic rings. The molecule has 0 fully saturated rings. The molecule has 0 aromatic carbocycles. The molecule has 0 radical (unpaired) electrons. The lowest BCUT2D eigenvalue weighted by molar-refractivity contribution is 0.0488. The van der Waals surface area contributed by atoms with Crippen molar-refractivity contribution in [1.29, 1.82) is 0 Å². The van der Waals surface area contributed by atoms with Crippen LogP contribution in [0.1, 0.15) is 48.6 Å². The van der Waals surface area contributed by atoms with Gasteiger partial charge >= 0.3 is 5.97 Å². The third-order valence-electron chi connectivity index (χ3n) is 2.60. The van der Waals surface area contributed by atoms with Gasteiger partial charge in [0.25, 0.3) is 5.89 Å². The Morgan fingerprint density at radius 1 is 1.47 bits per heavy atom. The predicted octanol–water partition coefficient (Wildman–Crippen LogP) is 2.94. The highest BCUT2D eigenvalue weighted by Crippen LogP contribution is 2.28. The van der Waals surface area contributed by atoms with E-state index in [9.17, 15) is 4.79 Å². The van der Waals surface area contributed by atoms with Gasteiger partial charge in [-0.3, -0.25) is 0 Å². The lowest BCUT2D eigenvalue weighted by Crippen LogP contribution is -2.07. The van der Waals surface area contributed by atoms with Gasteiger partial charge < -0.3 is 13.6 Å². The van der Waals surface area contributed by atoms with Gasteiger partial charge in [0.15, 0.2) is 6.39 Å². The van der Waals surface area contributed by atoms with Crippen LogP contribution < -0.4 is 0 Å². The number of nitrogens with zero attached hydrogens (tertiary/aromatic N) is 2. The van der Waals surface area contributed by atoms with Crippen molar-refractivity contribution in [3.63, 3.8) is 0 Å². The number of carbonyl (C=O) groups is 1. The van der Waals surface area contributed by atoms with Crippen molar-refractivity contribution in [2.24, 2.45) is 0 Å². The van der Waals surface area contributed by atoms with Crippen LogP contribution in [0.5, 0.6) is 0 Å². The van der Waals surface area contributed by atoms with Gasteiger partial charge in [0.05, 0.1) is 18.0 Å². The van der Waals surface area contributed by atoms with E-state index >= 15 is 0 Å². The molecule has 0 atom stereocenters. The fraction of sp³-hybridized carbons (Fsp3) is 0.462. The molecule has 0 saturated heterocycles. The van der Waals surface area contributed by atoms with Crippen LogP contribution in [-0.4, -0.2) is 22.5 Å². The van der Waals surface area contributed by atoms with Crippen molar-refractivity contribution >= 4 is 5.97 Å². The number of ether oxygens (including phenoxy) is 1. The monoisotopic (exact) mass is 264 g/mol. The van der Waals surface area contributed by atoms with Gasteiger partial charge in [-0.05, 0) is 19.8 Å². The minimum Gasteiger partial charge on any atom is -0.460 e. The van der Waals surface area contributed by atoms with Gasteiger partial charge in [-0.25, -0.2) is 14.8 Å². The van der Waals surface area contributed by atoms with E-state index in [1.807, 2.05) is 13.8 Å². The average Bonchev–Trinajstić information content (AvgIpc) is 2.94. The highest BCUT2D eigenvalue weighted by molar-refractivity contribution is 5.88. The van der Waals surface area contributed by atoms with E-state index in [4.69, 9.17) is 13.6 Å². The molecule has 2 rings (SSSR count). The summed E-state index contributed by atoms with van der Waals surface area (Å²) in [5.41, 5.74) is 1.22. The molecule has 0 saturated carbocycles. The number of aryl methyl sites for hydroxylation is 1. The molecule has 2 aromatic heterocycles. The third kappa shape index (κ3) is 2.52. The van der Waals surface area contributed by atoms with Crippen LogP contribution in [0.3, 0.4) is 0 Å². The topological polar surface area (TPSA) is 78.4 Å². The maximum atomic E-state index is 11.8. The molecule has 6 nitrogen and oxygen atoms in total. The Kier molecular flexibility index (Phi) is 3.69. The summed E-state index contributed by atoms with van der Waals surface area (Å²) in [5, 5.41) is 0. The predicted molar refractivity (Wildman–Crippen MR) is 66.8 cm³/mol. The van der Waals surface area contributed by atoms with Gasteiger partial charge in [0, 0.05) is 0 Å². The summed E-state index contributed by atoms with van der Waals surface area (Å²) in [5.74, 6) is 0.337. The summed E-state index contributed by atoms with van der Waals surface area (Å²) in [4.78, 5) is 20.1. The molecule has 102 valence electrons. The average molecular weight is 264 g/mol. The van der Waals surface area contributed by atoms with Crippen LogP contribution in [0.15, 0.2) is 15.2 Å². The van der Waals surface area contributed by atoms with Crippen LogP contribution in [0.4, 0.5) is 0 Å². The second-order valence-corrected chi connectivity index (χ2v) is 4.38. The smallest absolute Gasteiger partial charge is 0.376 e. The first-order valence-corrected chi connectivity index (χ1v) is 6.12. The number of oxazole rings is 2. The van der Waals surface area contributed by atoms with E-state index in [1.165, 1.54) is 6.39 Å². The molecule has 0 spiro atoms. The first kappa shape index (κ1) is 13.3. The molecule has 0 bridgehead atoms. The van der Waals surface area contributed by atoms with E-state index in [0.717, 1.165) is 0 Å². The summed E-state index contributed by atoms with van der Waals surface area (Å²) in [6.07, 6.45) is 1.31. The Labute approximate surface area is 110 Å². The molecule has 2 heterocycles. The fourth-order valence-electron chi connectivity index (χ4n) is 1.67. The molecule has 6 heteroatoms. The number of rotatable bonds is 4. The number of aromatic nitrogens is 2. The number of esters is 1. The fourth-order valence-corrected chi connectivity index (χ4v) is 1.67. The minimum absolute atomic E-state index is 0.0418. The summed E-state index contributed by atoms with van der Waals surface area (Å²) in [6, 6.07) is 0. The lowest BCUT2D eigenvalue weighted by Gasteiger charge is -2.02. The SMILES string of the molecule is CCOC(=O)c1oc(-c2ocnc2C)nc1C(C)C. The summed E-state index contributed by atoms with van der Waals surface area (Å²) in [6.45, 7) is 7.66. The van der Waals surface area contributed by atoms with Crippen molar-refractivity contribution in [2.45, 2.75) is 33.6 Å². The first-order chi connectivity index (χ1) is 9.04. The molecule has 0 N–H and O–H groups in total. The summed E-state index contributed by atoms with van der Waals surface area (Å²) < 4.78 is 15.7. The van der Waals surface area contributed by atoms with E-state index in [1.54, 1.807) is 13.8 Å². The Hall–Kier alpha value is -2.11. The van der Waals surface area contributed by atoms with Crippen molar-refractivity contribution in [1.82, 2.24) is 9.97 Å². The molecular formula is C13H16N2O4. The number of hydrogen-bond donors (Lipinski definition) is 0. The van der Waals surface area contributed by atoms with Crippen LogP contribution in [-0.2, 0) is 4.74 Å². The van der Waals surface area contributed by atoms with Crippen molar-refractivity contribution in [2.75, 3.05) is 6.61 Å². The minimum atomic E-state index is -0.512. The maximum Gasteiger partial charge on any atom is 0.376 e. The van der Waals surface area contributed by atoms with Crippen LogP contribution in [0.2, 0.25) is 0 Å². The van der Waals surface area contributed by atoms with Crippen LogP contribution in [0.25, 0.3) is 11.7 Å². The maximum absolute atomic E-state index is 11.8. The zero-order valence-corrected chi connectivity index (χ0v) is 11.4. The lowest BCUT2D eigenvalue weighted by atomic mass is 10.1. The standard InChI is InChI=1S/C13H16N2O4/c1-5-17-13(16)11-9(7(2)3)15-12(19-11)10-8(4)14-6-18-10/h6-7H,5H2,1-4H3. The second-order valence-electron chi connectivity index (χ2n) is 4.38. The zero-order chi connectivity index (χ0) is 14.0. The van der Waals surface area contributed by atoms with Crippen molar-refractivity contribution in [3.8, 4) is 11.7 Å². The highest BCUT2D eigenvalue weighted by Gasteiger charge is 2.26.